The van der Waals surface area contributed by atoms with Crippen LogP contribution in [0, 0.1) is 5.92 Å². The molecular formula is C16H12Cl2N2OS2. The minimum atomic E-state index is -0.613. The highest BCUT2D eigenvalue weighted by Crippen LogP contribution is 2.54. The molecule has 1 fully saturated rings. The highest BCUT2D eigenvalue weighted by molar-refractivity contribution is 7.99. The van der Waals surface area contributed by atoms with Crippen molar-refractivity contribution in [3.05, 3.63) is 52.1 Å². The Morgan fingerprint density at radius 3 is 2.74 bits per heavy atom. The number of thiophene rings is 1. The van der Waals surface area contributed by atoms with Crippen LogP contribution in [0.3, 0.4) is 0 Å². The fourth-order valence-corrected chi connectivity index (χ4v) is 5.17. The van der Waals surface area contributed by atoms with Crippen molar-refractivity contribution >= 4 is 56.5 Å². The molecule has 0 radical (unpaired) electrons. The van der Waals surface area contributed by atoms with Crippen molar-refractivity contribution in [3.63, 3.8) is 0 Å². The average molecular weight is 383 g/mol. The third kappa shape index (κ3) is 2.91. The molecule has 118 valence electrons. The van der Waals surface area contributed by atoms with Gasteiger partial charge < -0.3 is 0 Å². The van der Waals surface area contributed by atoms with Crippen LogP contribution in [0.4, 0.5) is 0 Å². The Labute approximate surface area is 151 Å². The summed E-state index contributed by atoms with van der Waals surface area (Å²) in [5, 5.41) is 3.23. The number of nitrogens with zero attached hydrogens (tertiary/aromatic N) is 2. The normalized spacial score (nSPS) is 19.1. The summed E-state index contributed by atoms with van der Waals surface area (Å²) in [6, 6.07) is 11.4. The Morgan fingerprint density at radius 2 is 2.04 bits per heavy atom. The molecule has 7 heteroatoms. The second-order valence-corrected chi connectivity index (χ2v) is 8.91. The second kappa shape index (κ2) is 5.81. The minimum Gasteiger partial charge on any atom is -0.268 e. The van der Waals surface area contributed by atoms with E-state index >= 15 is 0 Å². The third-order valence-electron chi connectivity index (χ3n) is 3.85. The van der Waals surface area contributed by atoms with Crippen LogP contribution in [0.15, 0.2) is 51.7 Å². The van der Waals surface area contributed by atoms with Crippen molar-refractivity contribution in [2.75, 3.05) is 5.75 Å². The number of alkyl halides is 2. The van der Waals surface area contributed by atoms with Crippen molar-refractivity contribution < 1.29 is 0 Å². The Morgan fingerprint density at radius 1 is 1.30 bits per heavy atom. The third-order valence-corrected chi connectivity index (χ3v) is 6.68. The van der Waals surface area contributed by atoms with E-state index in [0.29, 0.717) is 10.5 Å². The van der Waals surface area contributed by atoms with Crippen molar-refractivity contribution in [3.8, 4) is 5.69 Å². The largest absolute Gasteiger partial charge is 0.268 e. The number of thioether (sulfide) groups is 1. The molecule has 1 aliphatic rings. The van der Waals surface area contributed by atoms with Crippen LogP contribution in [-0.4, -0.2) is 19.6 Å². The quantitative estimate of drug-likeness (QED) is 0.371. The lowest BCUT2D eigenvalue weighted by molar-refractivity contribution is 0.819. The number of halogens is 2. The summed E-state index contributed by atoms with van der Waals surface area (Å²) in [5.41, 5.74) is 0.781. The topological polar surface area (TPSA) is 34.9 Å². The lowest BCUT2D eigenvalue weighted by atomic mass is 10.3. The molecule has 2 heterocycles. The zero-order valence-electron chi connectivity index (χ0n) is 11.9. The number of aromatic nitrogens is 2. The first-order valence-electron chi connectivity index (χ1n) is 7.12. The molecule has 1 aromatic carbocycles. The van der Waals surface area contributed by atoms with Crippen LogP contribution in [0.2, 0.25) is 0 Å². The monoisotopic (exact) mass is 382 g/mol. The number of para-hydroxylation sites is 1. The fraction of sp³-hybridized carbons (Fsp3) is 0.250. The SMILES string of the molecule is O=c1c2ccsc2nc(SC[C@H]2CC2(Cl)Cl)n1-c1ccccc1. The van der Waals surface area contributed by atoms with E-state index in [-0.39, 0.29) is 11.5 Å². The first kappa shape index (κ1) is 15.5. The van der Waals surface area contributed by atoms with Crippen molar-refractivity contribution in [2.45, 2.75) is 15.9 Å². The molecule has 0 spiro atoms. The van der Waals surface area contributed by atoms with Gasteiger partial charge in [-0.1, -0.05) is 30.0 Å². The van der Waals surface area contributed by atoms with Gasteiger partial charge in [0.25, 0.3) is 5.56 Å². The summed E-state index contributed by atoms with van der Waals surface area (Å²) in [6.45, 7) is 0. The van der Waals surface area contributed by atoms with Crippen LogP contribution in [0.1, 0.15) is 6.42 Å². The van der Waals surface area contributed by atoms with Gasteiger partial charge in [-0.25, -0.2) is 4.98 Å². The number of hydrogen-bond acceptors (Lipinski definition) is 4. The summed E-state index contributed by atoms with van der Waals surface area (Å²) in [4.78, 5) is 18.3. The molecule has 0 amide bonds. The number of rotatable bonds is 4. The molecule has 2 aromatic heterocycles. The van der Waals surface area contributed by atoms with Gasteiger partial charge in [0.1, 0.15) is 9.16 Å². The first-order chi connectivity index (χ1) is 11.1. The lowest BCUT2D eigenvalue weighted by Crippen LogP contribution is -2.21. The van der Waals surface area contributed by atoms with E-state index in [1.165, 1.54) is 23.1 Å². The van der Waals surface area contributed by atoms with E-state index in [1.54, 1.807) is 4.57 Å². The number of hydrogen-bond donors (Lipinski definition) is 0. The van der Waals surface area contributed by atoms with Crippen molar-refractivity contribution in [1.29, 1.82) is 0 Å². The fourth-order valence-electron chi connectivity index (χ4n) is 2.42. The molecule has 1 saturated carbocycles. The minimum absolute atomic E-state index is 0.0382. The second-order valence-electron chi connectivity index (χ2n) is 5.48. The van der Waals surface area contributed by atoms with Crippen LogP contribution in [0.5, 0.6) is 0 Å². The van der Waals surface area contributed by atoms with Crippen LogP contribution >= 0.6 is 46.3 Å². The summed E-state index contributed by atoms with van der Waals surface area (Å²) in [5.74, 6) is 0.999. The van der Waals surface area contributed by atoms with E-state index in [0.717, 1.165) is 22.7 Å². The zero-order chi connectivity index (χ0) is 16.0. The first-order valence-corrected chi connectivity index (χ1v) is 9.75. The molecular weight excluding hydrogens is 371 g/mol. The van der Waals surface area contributed by atoms with Gasteiger partial charge in [0.2, 0.25) is 0 Å². The van der Waals surface area contributed by atoms with Gasteiger partial charge >= 0.3 is 0 Å². The summed E-state index contributed by atoms with van der Waals surface area (Å²) in [7, 11) is 0. The molecule has 0 aliphatic heterocycles. The smallest absolute Gasteiger partial charge is 0.267 e. The highest BCUT2D eigenvalue weighted by Gasteiger charge is 2.51. The molecule has 0 N–H and O–H groups in total. The summed E-state index contributed by atoms with van der Waals surface area (Å²) in [6.07, 6.45) is 0.792. The Kier molecular flexibility index (Phi) is 3.92. The average Bonchev–Trinajstić information content (AvgIpc) is 2.94. The van der Waals surface area contributed by atoms with Gasteiger partial charge in [0.05, 0.1) is 11.1 Å². The van der Waals surface area contributed by atoms with Gasteiger partial charge in [0.15, 0.2) is 5.16 Å². The summed E-state index contributed by atoms with van der Waals surface area (Å²) >= 11 is 15.2. The molecule has 0 saturated heterocycles. The van der Waals surface area contributed by atoms with E-state index in [4.69, 9.17) is 23.2 Å². The van der Waals surface area contributed by atoms with E-state index < -0.39 is 4.33 Å². The van der Waals surface area contributed by atoms with Gasteiger partial charge in [-0.05, 0) is 30.0 Å². The maximum Gasteiger partial charge on any atom is 0.267 e. The van der Waals surface area contributed by atoms with Crippen molar-refractivity contribution in [2.24, 2.45) is 5.92 Å². The van der Waals surface area contributed by atoms with Gasteiger partial charge in [-0.3, -0.25) is 9.36 Å². The predicted octanol–water partition coefficient (Wildman–Crippen LogP) is 4.73. The lowest BCUT2D eigenvalue weighted by Gasteiger charge is -2.12. The Hall–Kier alpha value is -1.01. The molecule has 23 heavy (non-hydrogen) atoms. The van der Waals surface area contributed by atoms with Crippen LogP contribution < -0.4 is 5.56 Å². The molecule has 3 nitrogen and oxygen atoms in total. The van der Waals surface area contributed by atoms with E-state index in [9.17, 15) is 4.79 Å². The van der Waals surface area contributed by atoms with Gasteiger partial charge in [-0.2, -0.15) is 0 Å². The summed E-state index contributed by atoms with van der Waals surface area (Å²) < 4.78 is 1.06. The molecule has 0 unspecified atom stereocenters. The van der Waals surface area contributed by atoms with E-state index in [2.05, 4.69) is 4.98 Å². The predicted molar refractivity (Wildman–Crippen MR) is 98.5 cm³/mol. The van der Waals surface area contributed by atoms with Crippen LogP contribution in [0.25, 0.3) is 15.9 Å². The van der Waals surface area contributed by atoms with Crippen LogP contribution in [-0.2, 0) is 0 Å². The van der Waals surface area contributed by atoms with Gasteiger partial charge in [-0.15, -0.1) is 34.5 Å². The highest BCUT2D eigenvalue weighted by atomic mass is 35.5. The maximum absolute atomic E-state index is 12.9. The molecule has 1 aliphatic carbocycles. The maximum atomic E-state index is 12.9. The number of benzene rings is 1. The van der Waals surface area contributed by atoms with Crippen molar-refractivity contribution in [1.82, 2.24) is 9.55 Å². The Bertz CT molecular complexity index is 921. The number of fused-ring (bicyclic) bond motifs is 1. The zero-order valence-corrected chi connectivity index (χ0v) is 15.1. The molecule has 3 aromatic rings. The molecule has 4 rings (SSSR count). The molecule has 1 atom stereocenters. The van der Waals surface area contributed by atoms with E-state index in [1.807, 2.05) is 41.8 Å². The Balaban J connectivity index is 1.79. The standard InChI is InChI=1S/C16H12Cl2N2OS2/c17-16(18)8-10(16)9-23-15-19-13-12(6-7-22-13)14(21)20(15)11-4-2-1-3-5-11/h1-7,10H,8-9H2/t10-/m1/s1. The van der Waals surface area contributed by atoms with Gasteiger partial charge in [0, 0.05) is 11.7 Å². The molecule has 0 bridgehead atoms.